The van der Waals surface area contributed by atoms with Gasteiger partial charge in [-0.05, 0) is 38.7 Å². The van der Waals surface area contributed by atoms with Gasteiger partial charge in [0.1, 0.15) is 5.82 Å². The molecule has 0 N–H and O–H groups in total. The Labute approximate surface area is 137 Å². The lowest BCUT2D eigenvalue weighted by atomic mass is 10.2. The first-order valence-corrected chi connectivity index (χ1v) is 8.40. The molecule has 0 spiro atoms. The van der Waals surface area contributed by atoms with Gasteiger partial charge < -0.3 is 9.47 Å². The third-order valence-corrected chi connectivity index (χ3v) is 4.57. The molecule has 1 saturated heterocycles. The van der Waals surface area contributed by atoms with Crippen molar-refractivity contribution in [2.75, 3.05) is 6.54 Å². The molecule has 2 aromatic heterocycles. The van der Waals surface area contributed by atoms with Crippen molar-refractivity contribution in [2.45, 2.75) is 58.7 Å². The van der Waals surface area contributed by atoms with Crippen molar-refractivity contribution in [1.29, 1.82) is 0 Å². The monoisotopic (exact) mass is 315 g/mol. The van der Waals surface area contributed by atoms with Crippen LogP contribution in [0.5, 0.6) is 0 Å². The Hall–Kier alpha value is -2.11. The summed E-state index contributed by atoms with van der Waals surface area (Å²) in [5.41, 5.74) is 1.16. The minimum absolute atomic E-state index is 0.272. The maximum absolute atomic E-state index is 12.5. The average Bonchev–Trinajstić information content (AvgIpc) is 3.23. The molecule has 0 saturated carbocycles. The van der Waals surface area contributed by atoms with Gasteiger partial charge in [-0.2, -0.15) is 5.10 Å². The van der Waals surface area contributed by atoms with Crippen LogP contribution in [0.25, 0.3) is 0 Å². The molecule has 3 rings (SSSR count). The molecule has 0 bridgehead atoms. The van der Waals surface area contributed by atoms with Crippen molar-refractivity contribution in [3.8, 4) is 0 Å². The van der Waals surface area contributed by atoms with Crippen molar-refractivity contribution < 1.29 is 4.79 Å². The first-order chi connectivity index (χ1) is 11.1. The van der Waals surface area contributed by atoms with Crippen LogP contribution in [0.4, 0.5) is 0 Å². The summed E-state index contributed by atoms with van der Waals surface area (Å²) in [7, 11) is 0. The Morgan fingerprint density at radius 3 is 2.96 bits per heavy atom. The smallest absolute Gasteiger partial charge is 0.222 e. The molecule has 1 aliphatic heterocycles. The summed E-state index contributed by atoms with van der Waals surface area (Å²) in [6, 6.07) is 0.289. The number of hydrogen-bond acceptors (Lipinski definition) is 3. The van der Waals surface area contributed by atoms with Gasteiger partial charge in [0.05, 0.1) is 18.8 Å². The predicted octanol–water partition coefficient (Wildman–Crippen LogP) is 2.17. The fourth-order valence-electron chi connectivity index (χ4n) is 3.32. The van der Waals surface area contributed by atoms with Gasteiger partial charge in [-0.1, -0.05) is 0 Å². The zero-order valence-electron chi connectivity index (χ0n) is 14.0. The Bertz CT molecular complexity index is 659. The molecule has 0 aromatic carbocycles. The normalized spacial score (nSPS) is 17.8. The minimum Gasteiger partial charge on any atom is -0.338 e. The van der Waals surface area contributed by atoms with Gasteiger partial charge in [-0.25, -0.2) is 4.98 Å². The second-order valence-corrected chi connectivity index (χ2v) is 6.39. The largest absolute Gasteiger partial charge is 0.338 e. The van der Waals surface area contributed by atoms with Gasteiger partial charge in [-0.15, -0.1) is 0 Å². The Kier molecular flexibility index (Phi) is 4.79. The van der Waals surface area contributed by atoms with E-state index < -0.39 is 0 Å². The predicted molar refractivity (Wildman–Crippen MR) is 87.9 cm³/mol. The Morgan fingerprint density at radius 2 is 2.26 bits per heavy atom. The van der Waals surface area contributed by atoms with E-state index in [1.807, 2.05) is 37.1 Å². The highest BCUT2D eigenvalue weighted by atomic mass is 16.2. The lowest BCUT2D eigenvalue weighted by Gasteiger charge is -2.25. The first kappa shape index (κ1) is 15.8. The lowest BCUT2D eigenvalue weighted by molar-refractivity contribution is -0.132. The van der Waals surface area contributed by atoms with E-state index >= 15 is 0 Å². The molecule has 6 heteroatoms. The maximum Gasteiger partial charge on any atom is 0.222 e. The standard InChI is InChI=1S/C17H25N5O/c1-14-11-19-21(12-14)13-16-5-3-9-22(16)17(23)6-4-8-20-10-7-18-15(20)2/h7,10-12,16H,3-6,8-9,13H2,1-2H3/t16-/m0/s1. The SMILES string of the molecule is Cc1cnn(C[C@@H]2CCCN2C(=O)CCCn2ccnc2C)c1. The fourth-order valence-corrected chi connectivity index (χ4v) is 3.32. The van der Waals surface area contributed by atoms with E-state index in [0.29, 0.717) is 6.42 Å². The molecule has 1 atom stereocenters. The van der Waals surface area contributed by atoms with Crippen LogP contribution in [0.15, 0.2) is 24.8 Å². The number of imidazole rings is 1. The summed E-state index contributed by atoms with van der Waals surface area (Å²) in [5, 5.41) is 4.35. The highest BCUT2D eigenvalue weighted by Crippen LogP contribution is 2.20. The molecule has 3 heterocycles. The van der Waals surface area contributed by atoms with Crippen LogP contribution in [-0.2, 0) is 17.9 Å². The average molecular weight is 315 g/mol. The van der Waals surface area contributed by atoms with Gasteiger partial charge in [0.25, 0.3) is 0 Å². The summed E-state index contributed by atoms with van der Waals surface area (Å²) in [6.45, 7) is 6.58. The van der Waals surface area contributed by atoms with Crippen molar-refractivity contribution >= 4 is 5.91 Å². The van der Waals surface area contributed by atoms with E-state index in [4.69, 9.17) is 0 Å². The number of carbonyl (C=O) groups is 1. The molecule has 0 unspecified atom stereocenters. The van der Waals surface area contributed by atoms with Crippen molar-refractivity contribution in [1.82, 2.24) is 24.2 Å². The van der Waals surface area contributed by atoms with Crippen molar-refractivity contribution in [3.63, 3.8) is 0 Å². The third-order valence-electron chi connectivity index (χ3n) is 4.57. The molecule has 1 aliphatic rings. The topological polar surface area (TPSA) is 56.0 Å². The third kappa shape index (κ3) is 3.81. The van der Waals surface area contributed by atoms with Crippen molar-refractivity contribution in [2.24, 2.45) is 0 Å². The second kappa shape index (κ2) is 6.98. The number of amides is 1. The van der Waals surface area contributed by atoms with Gasteiger partial charge >= 0.3 is 0 Å². The lowest BCUT2D eigenvalue weighted by Crippen LogP contribution is -2.38. The van der Waals surface area contributed by atoms with Crippen LogP contribution in [-0.4, -0.2) is 42.7 Å². The Morgan fingerprint density at radius 1 is 1.39 bits per heavy atom. The van der Waals surface area contributed by atoms with Crippen LogP contribution < -0.4 is 0 Å². The van der Waals surface area contributed by atoms with Crippen LogP contribution in [0.2, 0.25) is 0 Å². The molecule has 124 valence electrons. The van der Waals surface area contributed by atoms with E-state index in [1.165, 1.54) is 0 Å². The summed E-state index contributed by atoms with van der Waals surface area (Å²) < 4.78 is 4.06. The molecule has 2 aromatic rings. The van der Waals surface area contributed by atoms with Crippen LogP contribution in [0, 0.1) is 13.8 Å². The molecule has 6 nitrogen and oxygen atoms in total. The van der Waals surface area contributed by atoms with Gasteiger partial charge in [0.2, 0.25) is 5.91 Å². The molecule has 1 amide bonds. The number of aromatic nitrogens is 4. The van der Waals surface area contributed by atoms with E-state index in [0.717, 1.165) is 50.3 Å². The quantitative estimate of drug-likeness (QED) is 0.821. The van der Waals surface area contributed by atoms with Crippen LogP contribution >= 0.6 is 0 Å². The molecule has 0 radical (unpaired) electrons. The number of carbonyl (C=O) groups excluding carboxylic acids is 1. The first-order valence-electron chi connectivity index (χ1n) is 8.40. The summed E-state index contributed by atoms with van der Waals surface area (Å²) in [6.07, 6.45) is 11.3. The Balaban J connectivity index is 1.50. The zero-order valence-corrected chi connectivity index (χ0v) is 14.0. The van der Waals surface area contributed by atoms with E-state index in [9.17, 15) is 4.79 Å². The highest BCUT2D eigenvalue weighted by Gasteiger charge is 2.28. The summed E-state index contributed by atoms with van der Waals surface area (Å²) in [5.74, 6) is 1.28. The van der Waals surface area contributed by atoms with Gasteiger partial charge in [0, 0.05) is 38.1 Å². The zero-order chi connectivity index (χ0) is 16.2. The highest BCUT2D eigenvalue weighted by molar-refractivity contribution is 5.76. The number of aryl methyl sites for hydroxylation is 3. The van der Waals surface area contributed by atoms with Gasteiger partial charge in [-0.3, -0.25) is 9.48 Å². The van der Waals surface area contributed by atoms with Crippen molar-refractivity contribution in [3.05, 3.63) is 36.2 Å². The van der Waals surface area contributed by atoms with E-state index in [1.54, 1.807) is 6.20 Å². The summed E-state index contributed by atoms with van der Waals surface area (Å²) in [4.78, 5) is 18.8. The maximum atomic E-state index is 12.5. The number of rotatable bonds is 6. The number of nitrogens with zero attached hydrogens (tertiary/aromatic N) is 5. The number of hydrogen-bond donors (Lipinski definition) is 0. The fraction of sp³-hybridized carbons (Fsp3) is 0.588. The molecule has 1 fully saturated rings. The van der Waals surface area contributed by atoms with Crippen LogP contribution in [0.3, 0.4) is 0 Å². The van der Waals surface area contributed by atoms with Crippen LogP contribution in [0.1, 0.15) is 37.1 Å². The second-order valence-electron chi connectivity index (χ2n) is 6.39. The minimum atomic E-state index is 0.272. The molecular formula is C17H25N5O. The van der Waals surface area contributed by atoms with E-state index in [2.05, 4.69) is 19.5 Å². The molecule has 23 heavy (non-hydrogen) atoms. The number of likely N-dealkylation sites (tertiary alicyclic amines) is 1. The molecule has 0 aliphatic carbocycles. The molecular weight excluding hydrogens is 290 g/mol. The summed E-state index contributed by atoms with van der Waals surface area (Å²) >= 11 is 0. The van der Waals surface area contributed by atoms with Gasteiger partial charge in [0.15, 0.2) is 0 Å². The van der Waals surface area contributed by atoms with E-state index in [-0.39, 0.29) is 11.9 Å².